The summed E-state index contributed by atoms with van der Waals surface area (Å²) in [6.07, 6.45) is 1.37. The lowest BCUT2D eigenvalue weighted by Gasteiger charge is -2.35. The lowest BCUT2D eigenvalue weighted by atomic mass is 10.1. The molecule has 2 aliphatic heterocycles. The molecular formula is C18H20N4O3S. The molecule has 0 aliphatic carbocycles. The van der Waals surface area contributed by atoms with Gasteiger partial charge in [-0.3, -0.25) is 9.69 Å². The molecule has 136 valence electrons. The fourth-order valence-electron chi connectivity index (χ4n) is 3.34. The van der Waals surface area contributed by atoms with Crippen LogP contribution in [0.1, 0.15) is 11.6 Å². The highest BCUT2D eigenvalue weighted by atomic mass is 32.1. The van der Waals surface area contributed by atoms with E-state index in [-0.39, 0.29) is 25.1 Å². The molecule has 1 atom stereocenters. The number of thiazole rings is 1. The van der Waals surface area contributed by atoms with Crippen LogP contribution in [0.3, 0.4) is 0 Å². The molecule has 0 bridgehead atoms. The summed E-state index contributed by atoms with van der Waals surface area (Å²) in [4.78, 5) is 34.7. The van der Waals surface area contributed by atoms with Crippen LogP contribution in [-0.4, -0.2) is 66.1 Å². The Morgan fingerprint density at radius 3 is 2.65 bits per heavy atom. The fourth-order valence-corrected chi connectivity index (χ4v) is 4.04. The van der Waals surface area contributed by atoms with Gasteiger partial charge in [-0.25, -0.2) is 9.78 Å². The number of rotatable bonds is 4. The van der Waals surface area contributed by atoms with Gasteiger partial charge in [-0.1, -0.05) is 30.3 Å². The average molecular weight is 372 g/mol. The van der Waals surface area contributed by atoms with E-state index in [9.17, 15) is 9.59 Å². The zero-order valence-electron chi connectivity index (χ0n) is 14.3. The average Bonchev–Trinajstić information content (AvgIpc) is 3.34. The number of carbonyl (C=O) groups is 2. The summed E-state index contributed by atoms with van der Waals surface area (Å²) < 4.78 is 5.19. The second-order valence-corrected chi connectivity index (χ2v) is 7.19. The maximum atomic E-state index is 12.7. The van der Waals surface area contributed by atoms with Crippen molar-refractivity contribution in [3.63, 3.8) is 0 Å². The first-order valence-corrected chi connectivity index (χ1v) is 9.51. The maximum absolute atomic E-state index is 12.7. The molecule has 3 heterocycles. The molecule has 0 unspecified atom stereocenters. The quantitative estimate of drug-likeness (QED) is 0.821. The van der Waals surface area contributed by atoms with Crippen molar-refractivity contribution >= 4 is 28.5 Å². The Kier molecular flexibility index (Phi) is 4.75. The number of amides is 2. The van der Waals surface area contributed by atoms with Crippen LogP contribution in [0, 0.1) is 0 Å². The van der Waals surface area contributed by atoms with E-state index in [4.69, 9.17) is 4.74 Å². The van der Waals surface area contributed by atoms with Gasteiger partial charge in [0.05, 0.1) is 6.04 Å². The van der Waals surface area contributed by atoms with Crippen LogP contribution in [0.5, 0.6) is 0 Å². The molecular weight excluding hydrogens is 352 g/mol. The Hall–Kier alpha value is -2.61. The van der Waals surface area contributed by atoms with Gasteiger partial charge < -0.3 is 14.5 Å². The van der Waals surface area contributed by atoms with E-state index in [1.165, 1.54) is 4.90 Å². The van der Waals surface area contributed by atoms with E-state index in [0.29, 0.717) is 13.1 Å². The highest BCUT2D eigenvalue weighted by Crippen LogP contribution is 2.27. The highest BCUT2D eigenvalue weighted by molar-refractivity contribution is 7.13. The first kappa shape index (κ1) is 16.8. The topological polar surface area (TPSA) is 66.0 Å². The number of aromatic nitrogens is 1. The zero-order valence-corrected chi connectivity index (χ0v) is 15.1. The molecule has 2 aliphatic rings. The number of anilines is 1. The number of piperazine rings is 1. The Morgan fingerprint density at radius 2 is 1.96 bits per heavy atom. The molecule has 2 amide bonds. The van der Waals surface area contributed by atoms with E-state index in [0.717, 1.165) is 23.8 Å². The molecule has 2 aromatic rings. The molecule has 1 aromatic heterocycles. The highest BCUT2D eigenvalue weighted by Gasteiger charge is 2.36. The monoisotopic (exact) mass is 372 g/mol. The van der Waals surface area contributed by atoms with Crippen LogP contribution >= 0.6 is 11.3 Å². The van der Waals surface area contributed by atoms with Crippen molar-refractivity contribution in [2.45, 2.75) is 6.04 Å². The van der Waals surface area contributed by atoms with Gasteiger partial charge >= 0.3 is 6.09 Å². The van der Waals surface area contributed by atoms with Gasteiger partial charge in [-0.15, -0.1) is 11.3 Å². The zero-order chi connectivity index (χ0) is 17.9. The minimum absolute atomic E-state index is 0.0384. The first-order chi connectivity index (χ1) is 12.7. The third kappa shape index (κ3) is 3.37. The Labute approximate surface area is 155 Å². The number of cyclic esters (lactones) is 1. The first-order valence-electron chi connectivity index (χ1n) is 8.63. The van der Waals surface area contributed by atoms with Gasteiger partial charge in [0.15, 0.2) is 5.13 Å². The van der Waals surface area contributed by atoms with Crippen molar-refractivity contribution in [3.8, 4) is 0 Å². The maximum Gasteiger partial charge on any atom is 0.410 e. The van der Waals surface area contributed by atoms with Crippen LogP contribution in [0.4, 0.5) is 9.93 Å². The standard InChI is InChI=1S/C18H20N4O3S/c23-16(20-7-9-21(10-8-20)17-19-6-11-26-17)12-22-15(13-25-18(22)24)14-4-2-1-3-5-14/h1-6,11,15H,7-10,12-13H2/t15-/m1/s1. The molecule has 2 saturated heterocycles. The molecule has 0 saturated carbocycles. The summed E-state index contributed by atoms with van der Waals surface area (Å²) in [6.45, 7) is 3.12. The Balaban J connectivity index is 1.37. The van der Waals surface area contributed by atoms with E-state index >= 15 is 0 Å². The van der Waals surface area contributed by atoms with Gasteiger partial charge in [-0.2, -0.15) is 0 Å². The third-order valence-corrected chi connectivity index (χ3v) is 5.62. The van der Waals surface area contributed by atoms with Gasteiger partial charge in [-0.05, 0) is 5.56 Å². The van der Waals surface area contributed by atoms with Crippen LogP contribution in [0.25, 0.3) is 0 Å². The van der Waals surface area contributed by atoms with Crippen molar-refractivity contribution in [2.75, 3.05) is 44.2 Å². The molecule has 8 heteroatoms. The fraction of sp³-hybridized carbons (Fsp3) is 0.389. The number of hydrogen-bond acceptors (Lipinski definition) is 6. The Bertz CT molecular complexity index is 760. The van der Waals surface area contributed by atoms with Crippen molar-refractivity contribution in [1.82, 2.24) is 14.8 Å². The lowest BCUT2D eigenvalue weighted by molar-refractivity contribution is -0.132. The SMILES string of the molecule is O=C(CN1C(=O)OC[C@@H]1c1ccccc1)N1CCN(c2nccs2)CC1. The number of ether oxygens (including phenoxy) is 1. The molecule has 7 nitrogen and oxygen atoms in total. The van der Waals surface area contributed by atoms with Gasteiger partial charge in [0.1, 0.15) is 13.2 Å². The van der Waals surface area contributed by atoms with Gasteiger partial charge in [0.25, 0.3) is 0 Å². The largest absolute Gasteiger partial charge is 0.447 e. The molecule has 1 aromatic carbocycles. The number of carbonyl (C=O) groups excluding carboxylic acids is 2. The molecule has 0 spiro atoms. The molecule has 2 fully saturated rings. The van der Waals surface area contributed by atoms with Crippen LogP contribution in [0.15, 0.2) is 41.9 Å². The minimum Gasteiger partial charge on any atom is -0.447 e. The number of benzene rings is 1. The van der Waals surface area contributed by atoms with Crippen LogP contribution in [-0.2, 0) is 9.53 Å². The van der Waals surface area contributed by atoms with Crippen LogP contribution in [0.2, 0.25) is 0 Å². The molecule has 26 heavy (non-hydrogen) atoms. The molecule has 0 radical (unpaired) electrons. The summed E-state index contributed by atoms with van der Waals surface area (Å²) in [6, 6.07) is 9.49. The van der Waals surface area contributed by atoms with Crippen molar-refractivity contribution in [3.05, 3.63) is 47.5 Å². The van der Waals surface area contributed by atoms with Crippen molar-refractivity contribution < 1.29 is 14.3 Å². The Morgan fingerprint density at radius 1 is 1.19 bits per heavy atom. The minimum atomic E-state index is -0.423. The second-order valence-electron chi connectivity index (χ2n) is 6.31. The van der Waals surface area contributed by atoms with E-state index in [1.54, 1.807) is 17.5 Å². The predicted octanol–water partition coefficient (Wildman–Crippen LogP) is 1.99. The number of nitrogens with zero attached hydrogens (tertiary/aromatic N) is 4. The van der Waals surface area contributed by atoms with Crippen LogP contribution < -0.4 is 4.90 Å². The molecule has 4 rings (SSSR count). The summed E-state index contributed by atoms with van der Waals surface area (Å²) in [7, 11) is 0. The summed E-state index contributed by atoms with van der Waals surface area (Å²) >= 11 is 1.61. The summed E-state index contributed by atoms with van der Waals surface area (Å²) in [5.41, 5.74) is 0.986. The smallest absolute Gasteiger partial charge is 0.410 e. The normalized spacial score (nSPS) is 20.4. The van der Waals surface area contributed by atoms with Crippen molar-refractivity contribution in [1.29, 1.82) is 0 Å². The van der Waals surface area contributed by atoms with Gasteiger partial charge in [0, 0.05) is 37.8 Å². The van der Waals surface area contributed by atoms with Crippen molar-refractivity contribution in [2.24, 2.45) is 0 Å². The second kappa shape index (κ2) is 7.33. The van der Waals surface area contributed by atoms with E-state index in [1.807, 2.05) is 40.6 Å². The predicted molar refractivity (Wildman–Crippen MR) is 98.1 cm³/mol. The molecule has 0 N–H and O–H groups in total. The summed E-state index contributed by atoms with van der Waals surface area (Å²) in [5, 5.41) is 2.94. The van der Waals surface area contributed by atoms with Gasteiger partial charge in [0.2, 0.25) is 5.91 Å². The van der Waals surface area contributed by atoms with E-state index < -0.39 is 6.09 Å². The lowest BCUT2D eigenvalue weighted by Crippen LogP contribution is -2.51. The summed E-state index contributed by atoms with van der Waals surface area (Å²) in [5.74, 6) is -0.0384. The third-order valence-electron chi connectivity index (χ3n) is 4.79. The van der Waals surface area contributed by atoms with E-state index in [2.05, 4.69) is 9.88 Å². The number of hydrogen-bond donors (Lipinski definition) is 0.